The molecule has 0 amide bonds. The maximum Gasteiger partial charge on any atom is 0.344 e. The van der Waals surface area contributed by atoms with E-state index in [4.69, 9.17) is 9.26 Å². The molecule has 122 valence electrons. The molecule has 0 unspecified atom stereocenters. The van der Waals surface area contributed by atoms with Gasteiger partial charge in [0.2, 0.25) is 0 Å². The van der Waals surface area contributed by atoms with Crippen LogP contribution in [0.25, 0.3) is 0 Å². The largest absolute Gasteiger partial charge is 0.454 e. The minimum absolute atomic E-state index is 0.113. The Morgan fingerprint density at radius 3 is 2.26 bits per heavy atom. The molecule has 1 aromatic heterocycles. The van der Waals surface area contributed by atoms with Gasteiger partial charge in [0.1, 0.15) is 11.3 Å². The van der Waals surface area contributed by atoms with E-state index in [1.165, 1.54) is 24.3 Å². The Balaban J connectivity index is 2.04. The van der Waals surface area contributed by atoms with Crippen molar-refractivity contribution in [1.29, 1.82) is 0 Å². The molecule has 0 spiro atoms. The highest BCUT2D eigenvalue weighted by atomic mass is 32.2. The fraction of sp³-hybridized carbons (Fsp3) is 0.267. The van der Waals surface area contributed by atoms with Crippen LogP contribution in [0.15, 0.2) is 33.7 Å². The van der Waals surface area contributed by atoms with Gasteiger partial charge in [-0.3, -0.25) is 4.79 Å². The molecule has 0 N–H and O–H groups in total. The average Bonchev–Trinajstić information content (AvgIpc) is 2.83. The van der Waals surface area contributed by atoms with E-state index in [0.717, 1.165) is 6.26 Å². The molecule has 0 aliphatic rings. The first-order valence-electron chi connectivity index (χ1n) is 6.63. The van der Waals surface area contributed by atoms with Crippen LogP contribution >= 0.6 is 0 Å². The molecule has 0 atom stereocenters. The van der Waals surface area contributed by atoms with Gasteiger partial charge in [-0.25, -0.2) is 13.2 Å². The fourth-order valence-electron chi connectivity index (χ4n) is 1.95. The van der Waals surface area contributed by atoms with Gasteiger partial charge in [0.25, 0.3) is 0 Å². The summed E-state index contributed by atoms with van der Waals surface area (Å²) in [5.74, 6) is -0.815. The summed E-state index contributed by atoms with van der Waals surface area (Å²) in [6.07, 6.45) is 1.08. The van der Waals surface area contributed by atoms with E-state index < -0.39 is 28.2 Å². The number of nitrogens with zero attached hydrogens (tertiary/aromatic N) is 1. The van der Waals surface area contributed by atoms with Crippen molar-refractivity contribution >= 4 is 21.6 Å². The Kier molecular flexibility index (Phi) is 4.65. The zero-order chi connectivity index (χ0) is 17.2. The molecule has 2 aromatic rings. The molecule has 0 aliphatic heterocycles. The first-order valence-corrected chi connectivity index (χ1v) is 8.52. The molecule has 0 aliphatic carbocycles. The number of hydrogen-bond acceptors (Lipinski definition) is 7. The van der Waals surface area contributed by atoms with Gasteiger partial charge in [0.05, 0.1) is 10.6 Å². The Hall–Kier alpha value is -2.48. The van der Waals surface area contributed by atoms with Crippen molar-refractivity contribution in [3.05, 3.63) is 46.8 Å². The lowest BCUT2D eigenvalue weighted by Gasteiger charge is -2.05. The number of sulfone groups is 1. The van der Waals surface area contributed by atoms with Gasteiger partial charge in [-0.15, -0.1) is 0 Å². The summed E-state index contributed by atoms with van der Waals surface area (Å²) in [5.41, 5.74) is 0.839. The topological polar surface area (TPSA) is 104 Å². The normalized spacial score (nSPS) is 11.3. The van der Waals surface area contributed by atoms with Crippen LogP contribution in [0.5, 0.6) is 0 Å². The lowest BCUT2D eigenvalue weighted by Crippen LogP contribution is -2.15. The minimum atomic E-state index is -3.32. The fourth-order valence-corrected chi connectivity index (χ4v) is 2.58. The molecule has 0 bridgehead atoms. The first kappa shape index (κ1) is 16.9. The SMILES string of the molecule is Cc1noc(C)c1C(=O)OCC(=O)c1ccc(S(C)(=O)=O)cc1. The van der Waals surface area contributed by atoms with E-state index in [1.807, 2.05) is 0 Å². The standard InChI is InChI=1S/C15H15NO6S/c1-9-14(10(2)22-16-9)15(18)21-8-13(17)11-4-6-12(7-5-11)23(3,19)20/h4-7H,8H2,1-3H3. The molecule has 0 fully saturated rings. The Bertz CT molecular complexity index is 829. The molecule has 0 saturated carbocycles. The monoisotopic (exact) mass is 337 g/mol. The van der Waals surface area contributed by atoms with Crippen LogP contribution in [-0.2, 0) is 14.6 Å². The van der Waals surface area contributed by atoms with Crippen LogP contribution in [0.1, 0.15) is 32.2 Å². The van der Waals surface area contributed by atoms with Crippen molar-refractivity contribution in [3.63, 3.8) is 0 Å². The van der Waals surface area contributed by atoms with E-state index in [2.05, 4.69) is 5.16 Å². The van der Waals surface area contributed by atoms with Crippen molar-refractivity contribution < 1.29 is 27.3 Å². The Morgan fingerprint density at radius 1 is 1.17 bits per heavy atom. The molecule has 8 heteroatoms. The third-order valence-corrected chi connectivity index (χ3v) is 4.30. The molecule has 23 heavy (non-hydrogen) atoms. The summed E-state index contributed by atoms with van der Waals surface area (Å²) in [7, 11) is -3.32. The zero-order valence-electron chi connectivity index (χ0n) is 12.8. The molecular formula is C15H15NO6S. The second kappa shape index (κ2) is 6.33. The summed E-state index contributed by atoms with van der Waals surface area (Å²) >= 11 is 0. The number of carbonyl (C=O) groups excluding carboxylic acids is 2. The Morgan fingerprint density at radius 2 is 1.78 bits per heavy atom. The zero-order valence-corrected chi connectivity index (χ0v) is 13.6. The maximum absolute atomic E-state index is 12.0. The van der Waals surface area contributed by atoms with Gasteiger partial charge in [0.15, 0.2) is 22.2 Å². The van der Waals surface area contributed by atoms with Crippen LogP contribution in [0.3, 0.4) is 0 Å². The summed E-state index contributed by atoms with van der Waals surface area (Å²) in [5, 5.41) is 3.64. The maximum atomic E-state index is 12.0. The number of aryl methyl sites for hydroxylation is 2. The molecule has 1 heterocycles. The summed E-state index contributed by atoms with van der Waals surface area (Å²) in [6, 6.07) is 5.42. The third kappa shape index (κ3) is 3.84. The van der Waals surface area contributed by atoms with Crippen LogP contribution in [-0.4, -0.2) is 38.2 Å². The number of ether oxygens (including phenoxy) is 1. The van der Waals surface area contributed by atoms with Gasteiger partial charge in [-0.2, -0.15) is 0 Å². The van der Waals surface area contributed by atoms with E-state index in [0.29, 0.717) is 11.5 Å². The predicted molar refractivity (Wildman–Crippen MR) is 80.1 cm³/mol. The molecule has 1 aromatic carbocycles. The molecule has 0 saturated heterocycles. The van der Waals surface area contributed by atoms with Crippen LogP contribution < -0.4 is 0 Å². The number of aromatic nitrogens is 1. The van der Waals surface area contributed by atoms with Crippen LogP contribution in [0, 0.1) is 13.8 Å². The van der Waals surface area contributed by atoms with E-state index in [9.17, 15) is 18.0 Å². The number of Topliss-reactive ketones (excluding diaryl/α,β-unsaturated/α-hetero) is 1. The number of hydrogen-bond donors (Lipinski definition) is 0. The smallest absolute Gasteiger partial charge is 0.344 e. The van der Waals surface area contributed by atoms with E-state index in [1.54, 1.807) is 13.8 Å². The lowest BCUT2D eigenvalue weighted by molar-refractivity contribution is 0.0472. The van der Waals surface area contributed by atoms with E-state index >= 15 is 0 Å². The minimum Gasteiger partial charge on any atom is -0.454 e. The molecule has 2 rings (SSSR count). The quantitative estimate of drug-likeness (QED) is 0.604. The van der Waals surface area contributed by atoms with Gasteiger partial charge >= 0.3 is 5.97 Å². The highest BCUT2D eigenvalue weighted by Crippen LogP contribution is 2.14. The molecule has 7 nitrogen and oxygen atoms in total. The highest BCUT2D eigenvalue weighted by molar-refractivity contribution is 7.90. The number of esters is 1. The Labute approximate surface area is 133 Å². The van der Waals surface area contributed by atoms with Gasteiger partial charge in [0, 0.05) is 11.8 Å². The number of benzene rings is 1. The van der Waals surface area contributed by atoms with Crippen LogP contribution in [0.4, 0.5) is 0 Å². The number of carbonyl (C=O) groups is 2. The second-order valence-electron chi connectivity index (χ2n) is 5.00. The van der Waals surface area contributed by atoms with Gasteiger partial charge in [-0.1, -0.05) is 5.16 Å². The van der Waals surface area contributed by atoms with Crippen molar-refractivity contribution in [2.24, 2.45) is 0 Å². The second-order valence-corrected chi connectivity index (χ2v) is 7.01. The highest BCUT2D eigenvalue weighted by Gasteiger charge is 2.20. The van der Waals surface area contributed by atoms with Crippen LogP contribution in [0.2, 0.25) is 0 Å². The first-order chi connectivity index (χ1) is 10.7. The number of rotatable bonds is 5. The molecular weight excluding hydrogens is 322 g/mol. The van der Waals surface area contributed by atoms with Crippen molar-refractivity contribution in [3.8, 4) is 0 Å². The predicted octanol–water partition coefficient (Wildman–Crippen LogP) is 1.73. The lowest BCUT2D eigenvalue weighted by atomic mass is 10.1. The van der Waals surface area contributed by atoms with Crippen molar-refractivity contribution in [2.45, 2.75) is 18.7 Å². The van der Waals surface area contributed by atoms with Gasteiger partial charge in [-0.05, 0) is 38.1 Å². The van der Waals surface area contributed by atoms with Gasteiger partial charge < -0.3 is 9.26 Å². The number of ketones is 1. The third-order valence-electron chi connectivity index (χ3n) is 3.18. The van der Waals surface area contributed by atoms with Crippen molar-refractivity contribution in [2.75, 3.05) is 12.9 Å². The summed E-state index contributed by atoms with van der Waals surface area (Å²) in [6.45, 7) is 2.71. The van der Waals surface area contributed by atoms with Crippen molar-refractivity contribution in [1.82, 2.24) is 5.16 Å². The van der Waals surface area contributed by atoms with E-state index in [-0.39, 0.29) is 16.0 Å². The summed E-state index contributed by atoms with van der Waals surface area (Å²) < 4.78 is 32.5. The summed E-state index contributed by atoms with van der Waals surface area (Å²) in [4.78, 5) is 24.0. The average molecular weight is 337 g/mol. The molecule has 0 radical (unpaired) electrons.